The van der Waals surface area contributed by atoms with Crippen LogP contribution in [-0.2, 0) is 9.59 Å². The summed E-state index contributed by atoms with van der Waals surface area (Å²) in [5.41, 5.74) is 0.705. The Kier molecular flexibility index (Phi) is 4.93. The molecule has 4 nitrogen and oxygen atoms in total. The minimum Gasteiger partial charge on any atom is -0.481 e. The lowest BCUT2D eigenvalue weighted by molar-refractivity contribution is -0.143. The Morgan fingerprint density at radius 2 is 1.67 bits per heavy atom. The fraction of sp³-hybridized carbons (Fsp3) is 0.600. The summed E-state index contributed by atoms with van der Waals surface area (Å²) in [5, 5.41) is 9.63. The molecular formula is C20H27NO3. The van der Waals surface area contributed by atoms with Gasteiger partial charge in [0.25, 0.3) is 0 Å². The highest BCUT2D eigenvalue weighted by Crippen LogP contribution is 2.40. The molecule has 1 saturated heterocycles. The Labute approximate surface area is 143 Å². The molecule has 2 fully saturated rings. The van der Waals surface area contributed by atoms with Crippen molar-refractivity contribution in [2.24, 2.45) is 11.3 Å². The molecule has 2 aliphatic rings. The van der Waals surface area contributed by atoms with Crippen molar-refractivity contribution in [3.8, 4) is 0 Å². The molecule has 1 heterocycles. The van der Waals surface area contributed by atoms with Crippen LogP contribution in [0.2, 0.25) is 0 Å². The van der Waals surface area contributed by atoms with Crippen molar-refractivity contribution in [3.05, 3.63) is 35.9 Å². The Morgan fingerprint density at radius 1 is 1.04 bits per heavy atom. The summed E-state index contributed by atoms with van der Waals surface area (Å²) in [4.78, 5) is 26.7. The molecule has 0 spiro atoms. The zero-order valence-corrected chi connectivity index (χ0v) is 14.4. The van der Waals surface area contributed by atoms with Crippen LogP contribution in [0.3, 0.4) is 0 Å². The van der Waals surface area contributed by atoms with Crippen LogP contribution in [0.25, 0.3) is 0 Å². The number of rotatable bonds is 3. The maximum absolute atomic E-state index is 13.2. The van der Waals surface area contributed by atoms with Crippen LogP contribution in [0.1, 0.15) is 56.9 Å². The van der Waals surface area contributed by atoms with E-state index >= 15 is 0 Å². The van der Waals surface area contributed by atoms with Gasteiger partial charge in [0.2, 0.25) is 5.91 Å². The molecule has 1 amide bonds. The topological polar surface area (TPSA) is 57.6 Å². The van der Waals surface area contributed by atoms with Gasteiger partial charge in [0.1, 0.15) is 0 Å². The third-order valence-electron chi connectivity index (χ3n) is 5.88. The van der Waals surface area contributed by atoms with Crippen LogP contribution in [0.4, 0.5) is 0 Å². The second-order valence-electron chi connectivity index (χ2n) is 7.65. The van der Waals surface area contributed by atoms with Gasteiger partial charge in [0, 0.05) is 24.4 Å². The highest BCUT2D eigenvalue weighted by Gasteiger charge is 2.45. The van der Waals surface area contributed by atoms with Crippen LogP contribution in [-0.4, -0.2) is 35.0 Å². The van der Waals surface area contributed by atoms with Crippen LogP contribution >= 0.6 is 0 Å². The number of nitrogens with zero attached hydrogens (tertiary/aromatic N) is 1. The summed E-state index contributed by atoms with van der Waals surface area (Å²) in [5.74, 6) is -1.26. The van der Waals surface area contributed by atoms with E-state index in [1.54, 1.807) is 0 Å². The summed E-state index contributed by atoms with van der Waals surface area (Å²) < 4.78 is 0. The van der Waals surface area contributed by atoms with Gasteiger partial charge in [0.05, 0.1) is 5.92 Å². The first kappa shape index (κ1) is 17.0. The SMILES string of the molecule is CC1(C(=O)N2C[C@H](C(=O)O)[C@H](c3ccccc3)C2)CCCCCC1. The summed E-state index contributed by atoms with van der Waals surface area (Å²) >= 11 is 0. The van der Waals surface area contributed by atoms with Crippen LogP contribution in [0, 0.1) is 11.3 Å². The summed E-state index contributed by atoms with van der Waals surface area (Å²) in [6.07, 6.45) is 6.45. The molecule has 1 aromatic carbocycles. The zero-order valence-electron chi connectivity index (χ0n) is 14.4. The molecule has 0 unspecified atom stereocenters. The molecule has 4 heteroatoms. The third-order valence-corrected chi connectivity index (χ3v) is 5.88. The first-order chi connectivity index (χ1) is 11.5. The molecule has 24 heavy (non-hydrogen) atoms. The monoisotopic (exact) mass is 329 g/mol. The molecular weight excluding hydrogens is 302 g/mol. The van der Waals surface area contributed by atoms with Crippen molar-refractivity contribution in [2.75, 3.05) is 13.1 Å². The zero-order chi connectivity index (χ0) is 17.2. The number of carboxylic acids is 1. The number of carbonyl (C=O) groups is 2. The number of likely N-dealkylation sites (tertiary alicyclic amines) is 1. The second-order valence-corrected chi connectivity index (χ2v) is 7.65. The number of carbonyl (C=O) groups excluding carboxylic acids is 1. The van der Waals surface area contributed by atoms with E-state index in [2.05, 4.69) is 6.92 Å². The van der Waals surface area contributed by atoms with Gasteiger partial charge in [-0.1, -0.05) is 62.9 Å². The summed E-state index contributed by atoms with van der Waals surface area (Å²) in [6.45, 7) is 2.94. The van der Waals surface area contributed by atoms with Crippen LogP contribution in [0.5, 0.6) is 0 Å². The smallest absolute Gasteiger partial charge is 0.308 e. The maximum atomic E-state index is 13.2. The van der Waals surface area contributed by atoms with Crippen molar-refractivity contribution >= 4 is 11.9 Å². The molecule has 130 valence electrons. The molecule has 1 aliphatic carbocycles. The van der Waals surface area contributed by atoms with E-state index in [4.69, 9.17) is 0 Å². The third kappa shape index (κ3) is 3.33. The van der Waals surface area contributed by atoms with Crippen LogP contribution < -0.4 is 0 Å². The molecule has 1 aliphatic heterocycles. The van der Waals surface area contributed by atoms with Crippen molar-refractivity contribution in [1.82, 2.24) is 4.90 Å². The molecule has 1 saturated carbocycles. The van der Waals surface area contributed by atoms with E-state index in [9.17, 15) is 14.7 Å². The molecule has 1 N–H and O–H groups in total. The van der Waals surface area contributed by atoms with Crippen molar-refractivity contribution in [3.63, 3.8) is 0 Å². The average Bonchev–Trinajstić information content (AvgIpc) is 2.92. The van der Waals surface area contributed by atoms with Gasteiger partial charge in [-0.2, -0.15) is 0 Å². The minimum atomic E-state index is -0.801. The predicted octanol–water partition coefficient (Wildman–Crippen LogP) is 3.67. The van der Waals surface area contributed by atoms with Gasteiger partial charge < -0.3 is 10.0 Å². The maximum Gasteiger partial charge on any atom is 0.308 e. The van der Waals surface area contributed by atoms with E-state index < -0.39 is 11.9 Å². The number of hydrogen-bond donors (Lipinski definition) is 1. The second kappa shape index (κ2) is 6.96. The van der Waals surface area contributed by atoms with Crippen molar-refractivity contribution in [1.29, 1.82) is 0 Å². The molecule has 1 aromatic rings. The first-order valence-electron chi connectivity index (χ1n) is 9.08. The van der Waals surface area contributed by atoms with E-state index in [0.29, 0.717) is 13.1 Å². The molecule has 0 radical (unpaired) electrons. The largest absolute Gasteiger partial charge is 0.481 e. The summed E-state index contributed by atoms with van der Waals surface area (Å²) in [6, 6.07) is 9.75. The van der Waals surface area contributed by atoms with Gasteiger partial charge >= 0.3 is 5.97 Å². The van der Waals surface area contributed by atoms with Gasteiger partial charge in [-0.3, -0.25) is 9.59 Å². The number of benzene rings is 1. The fourth-order valence-corrected chi connectivity index (χ4v) is 4.36. The van der Waals surface area contributed by atoms with Gasteiger partial charge in [-0.25, -0.2) is 0 Å². The number of carboxylic acid groups (broad SMARTS) is 1. The highest BCUT2D eigenvalue weighted by atomic mass is 16.4. The number of hydrogen-bond acceptors (Lipinski definition) is 2. The fourth-order valence-electron chi connectivity index (χ4n) is 4.36. The van der Waals surface area contributed by atoms with Crippen LogP contribution in [0.15, 0.2) is 30.3 Å². The molecule has 0 bridgehead atoms. The average molecular weight is 329 g/mol. The molecule has 2 atom stereocenters. The lowest BCUT2D eigenvalue weighted by Gasteiger charge is -2.32. The molecule has 0 aromatic heterocycles. The summed E-state index contributed by atoms with van der Waals surface area (Å²) in [7, 11) is 0. The van der Waals surface area contributed by atoms with Crippen molar-refractivity contribution < 1.29 is 14.7 Å². The van der Waals surface area contributed by atoms with Gasteiger partial charge in [0.15, 0.2) is 0 Å². The highest BCUT2D eigenvalue weighted by molar-refractivity contribution is 5.84. The van der Waals surface area contributed by atoms with Crippen molar-refractivity contribution in [2.45, 2.75) is 51.4 Å². The first-order valence-corrected chi connectivity index (χ1v) is 9.08. The standard InChI is InChI=1S/C20H27NO3/c1-20(11-7-2-3-8-12-20)19(24)21-13-16(17(14-21)18(22)23)15-9-5-4-6-10-15/h4-6,9-10,16-17H,2-3,7-8,11-14H2,1H3,(H,22,23)/t16-,17-/m0/s1. The Morgan fingerprint density at radius 3 is 2.25 bits per heavy atom. The number of amides is 1. The Bertz CT molecular complexity index is 590. The molecule has 3 rings (SSSR count). The predicted molar refractivity (Wildman–Crippen MR) is 92.7 cm³/mol. The normalized spacial score (nSPS) is 26.8. The quantitative estimate of drug-likeness (QED) is 0.861. The van der Waals surface area contributed by atoms with E-state index in [-0.39, 0.29) is 17.2 Å². The van der Waals surface area contributed by atoms with E-state index in [1.807, 2.05) is 35.2 Å². The van der Waals surface area contributed by atoms with E-state index in [0.717, 1.165) is 31.2 Å². The van der Waals surface area contributed by atoms with Gasteiger partial charge in [-0.05, 0) is 18.4 Å². The Hall–Kier alpha value is -1.84. The van der Waals surface area contributed by atoms with E-state index in [1.165, 1.54) is 12.8 Å². The minimum absolute atomic E-state index is 0.109. The number of aliphatic carboxylic acids is 1. The van der Waals surface area contributed by atoms with Gasteiger partial charge in [-0.15, -0.1) is 0 Å². The lowest BCUT2D eigenvalue weighted by atomic mass is 9.81. The lowest BCUT2D eigenvalue weighted by Crippen LogP contribution is -2.41. The Balaban J connectivity index is 1.80.